The van der Waals surface area contributed by atoms with Gasteiger partial charge in [-0.2, -0.15) is 8.42 Å². The van der Waals surface area contributed by atoms with Gasteiger partial charge in [-0.05, 0) is 37.0 Å². The van der Waals surface area contributed by atoms with Crippen molar-refractivity contribution in [3.05, 3.63) is 35.4 Å². The number of unbranched alkanes of at least 4 members (excludes halogenated alkanes) is 2. The molecule has 7 heteroatoms. The lowest BCUT2D eigenvalue weighted by atomic mass is 10.1. The van der Waals surface area contributed by atoms with Crippen molar-refractivity contribution in [1.82, 2.24) is 0 Å². The number of ether oxygens (including phenoxy) is 2. The Balaban J connectivity index is 2.11. The van der Waals surface area contributed by atoms with Crippen LogP contribution >= 0.6 is 0 Å². The monoisotopic (exact) mass is 330 g/mol. The summed E-state index contributed by atoms with van der Waals surface area (Å²) in [5.41, 5.74) is 1.49. The first kappa shape index (κ1) is 18.6. The van der Waals surface area contributed by atoms with E-state index < -0.39 is 10.1 Å². The van der Waals surface area contributed by atoms with Crippen LogP contribution in [0.15, 0.2) is 24.3 Å². The standard InChI is InChI=1S/C15H22O6S/c1-19-15(16)14-8-6-13(7-9-14)12-20-10-4-3-5-11-21-22(2,17)18/h6-9H,3-5,10-12H2,1-2H3. The van der Waals surface area contributed by atoms with Gasteiger partial charge < -0.3 is 9.47 Å². The summed E-state index contributed by atoms with van der Waals surface area (Å²) in [5, 5.41) is 0. The number of rotatable bonds is 10. The molecular formula is C15H22O6S. The van der Waals surface area contributed by atoms with Crippen LogP contribution in [0.2, 0.25) is 0 Å². The third-order valence-corrected chi connectivity index (χ3v) is 3.47. The molecule has 22 heavy (non-hydrogen) atoms. The molecule has 0 bridgehead atoms. The second kappa shape index (κ2) is 9.55. The highest BCUT2D eigenvalue weighted by molar-refractivity contribution is 7.85. The van der Waals surface area contributed by atoms with Gasteiger partial charge in [0.15, 0.2) is 0 Å². The molecule has 6 nitrogen and oxygen atoms in total. The SMILES string of the molecule is COC(=O)c1ccc(COCCCCCOS(C)(=O)=O)cc1. The topological polar surface area (TPSA) is 78.9 Å². The van der Waals surface area contributed by atoms with Gasteiger partial charge in [-0.1, -0.05) is 12.1 Å². The Morgan fingerprint density at radius 2 is 1.68 bits per heavy atom. The van der Waals surface area contributed by atoms with Crippen molar-refractivity contribution in [2.24, 2.45) is 0 Å². The second-order valence-corrected chi connectivity index (χ2v) is 6.47. The number of esters is 1. The van der Waals surface area contributed by atoms with E-state index in [1.54, 1.807) is 12.1 Å². The zero-order valence-corrected chi connectivity index (χ0v) is 13.7. The van der Waals surface area contributed by atoms with Gasteiger partial charge in [0.2, 0.25) is 0 Å². The number of carbonyl (C=O) groups is 1. The fourth-order valence-corrected chi connectivity index (χ4v) is 2.16. The van der Waals surface area contributed by atoms with Crippen LogP contribution in [-0.4, -0.2) is 41.0 Å². The Morgan fingerprint density at radius 1 is 1.05 bits per heavy atom. The van der Waals surface area contributed by atoms with E-state index in [1.165, 1.54) is 7.11 Å². The van der Waals surface area contributed by atoms with E-state index in [2.05, 4.69) is 8.92 Å². The summed E-state index contributed by atoms with van der Waals surface area (Å²) in [7, 11) is -1.99. The van der Waals surface area contributed by atoms with Crippen LogP contribution in [0.4, 0.5) is 0 Å². The van der Waals surface area contributed by atoms with Crippen molar-refractivity contribution in [2.75, 3.05) is 26.6 Å². The van der Waals surface area contributed by atoms with Crippen molar-refractivity contribution < 1.29 is 26.9 Å². The summed E-state index contributed by atoms with van der Waals surface area (Å²) in [4.78, 5) is 11.3. The third kappa shape index (κ3) is 8.11. The maximum atomic E-state index is 11.3. The van der Waals surface area contributed by atoms with Gasteiger partial charge in [0.25, 0.3) is 10.1 Å². The van der Waals surface area contributed by atoms with E-state index in [4.69, 9.17) is 4.74 Å². The predicted molar refractivity (Wildman–Crippen MR) is 82.1 cm³/mol. The van der Waals surface area contributed by atoms with Crippen molar-refractivity contribution >= 4 is 16.1 Å². The molecule has 0 saturated heterocycles. The van der Waals surface area contributed by atoms with Crippen molar-refractivity contribution in [3.8, 4) is 0 Å². The molecule has 1 aromatic carbocycles. The molecule has 124 valence electrons. The number of hydrogen-bond donors (Lipinski definition) is 0. The van der Waals surface area contributed by atoms with Gasteiger partial charge in [0.1, 0.15) is 0 Å². The molecule has 0 atom stereocenters. The Labute approximate surface area is 131 Å². The van der Waals surface area contributed by atoms with E-state index in [9.17, 15) is 13.2 Å². The molecule has 0 amide bonds. The van der Waals surface area contributed by atoms with E-state index in [0.717, 1.165) is 24.7 Å². The molecule has 0 N–H and O–H groups in total. The Hall–Kier alpha value is -1.44. The summed E-state index contributed by atoms with van der Waals surface area (Å²) in [6.07, 6.45) is 3.41. The van der Waals surface area contributed by atoms with Gasteiger partial charge in [0, 0.05) is 6.61 Å². The maximum Gasteiger partial charge on any atom is 0.337 e. The quantitative estimate of drug-likeness (QED) is 0.371. The van der Waals surface area contributed by atoms with Gasteiger partial charge in [0.05, 0.1) is 32.1 Å². The molecule has 0 aromatic heterocycles. The molecule has 0 aliphatic rings. The van der Waals surface area contributed by atoms with E-state index in [0.29, 0.717) is 25.2 Å². The number of benzene rings is 1. The molecule has 0 saturated carbocycles. The minimum absolute atomic E-state index is 0.216. The van der Waals surface area contributed by atoms with E-state index in [-0.39, 0.29) is 12.6 Å². The fraction of sp³-hybridized carbons (Fsp3) is 0.533. The lowest BCUT2D eigenvalue weighted by Gasteiger charge is -2.05. The average Bonchev–Trinajstić information content (AvgIpc) is 2.48. The predicted octanol–water partition coefficient (Wildman–Crippen LogP) is 2.14. The largest absolute Gasteiger partial charge is 0.465 e. The first-order valence-corrected chi connectivity index (χ1v) is 8.83. The molecule has 0 unspecified atom stereocenters. The lowest BCUT2D eigenvalue weighted by molar-refractivity contribution is 0.0600. The van der Waals surface area contributed by atoms with Gasteiger partial charge >= 0.3 is 5.97 Å². The van der Waals surface area contributed by atoms with Crippen molar-refractivity contribution in [1.29, 1.82) is 0 Å². The summed E-state index contributed by atoms with van der Waals surface area (Å²) < 4.78 is 36.2. The first-order valence-electron chi connectivity index (χ1n) is 7.02. The highest BCUT2D eigenvalue weighted by Crippen LogP contribution is 2.07. The van der Waals surface area contributed by atoms with E-state index >= 15 is 0 Å². The van der Waals surface area contributed by atoms with E-state index in [1.807, 2.05) is 12.1 Å². The normalized spacial score (nSPS) is 11.4. The molecule has 1 aromatic rings. The average molecular weight is 330 g/mol. The van der Waals surface area contributed by atoms with Crippen LogP contribution < -0.4 is 0 Å². The van der Waals surface area contributed by atoms with Crippen molar-refractivity contribution in [2.45, 2.75) is 25.9 Å². The molecule has 0 fully saturated rings. The number of methoxy groups -OCH3 is 1. The van der Waals surface area contributed by atoms with Crippen LogP contribution in [0.1, 0.15) is 35.2 Å². The van der Waals surface area contributed by atoms with Crippen LogP contribution in [0, 0.1) is 0 Å². The van der Waals surface area contributed by atoms with Crippen LogP contribution in [0.25, 0.3) is 0 Å². The summed E-state index contributed by atoms with van der Waals surface area (Å²) in [5.74, 6) is -0.358. The van der Waals surface area contributed by atoms with Crippen molar-refractivity contribution in [3.63, 3.8) is 0 Å². The highest BCUT2D eigenvalue weighted by Gasteiger charge is 2.04. The van der Waals surface area contributed by atoms with Crippen LogP contribution in [0.3, 0.4) is 0 Å². The number of hydrogen-bond acceptors (Lipinski definition) is 6. The molecular weight excluding hydrogens is 308 g/mol. The van der Waals surface area contributed by atoms with Gasteiger partial charge in [-0.3, -0.25) is 4.18 Å². The Kier molecular flexibility index (Phi) is 8.08. The second-order valence-electron chi connectivity index (χ2n) is 4.83. The molecule has 0 radical (unpaired) electrons. The fourth-order valence-electron chi connectivity index (χ4n) is 1.74. The minimum Gasteiger partial charge on any atom is -0.465 e. The lowest BCUT2D eigenvalue weighted by Crippen LogP contribution is -2.04. The molecule has 0 aliphatic heterocycles. The molecule has 0 aliphatic carbocycles. The summed E-state index contributed by atoms with van der Waals surface area (Å²) in [6.45, 7) is 1.28. The Bertz CT molecular complexity index is 550. The van der Waals surface area contributed by atoms with Crippen LogP contribution in [0.5, 0.6) is 0 Å². The molecule has 0 heterocycles. The summed E-state index contributed by atoms with van der Waals surface area (Å²) >= 11 is 0. The summed E-state index contributed by atoms with van der Waals surface area (Å²) in [6, 6.07) is 7.05. The molecule has 1 rings (SSSR count). The minimum atomic E-state index is -3.33. The maximum absolute atomic E-state index is 11.3. The highest BCUT2D eigenvalue weighted by atomic mass is 32.2. The van der Waals surface area contributed by atoms with Gasteiger partial charge in [-0.25, -0.2) is 4.79 Å². The van der Waals surface area contributed by atoms with Crippen LogP contribution in [-0.2, 0) is 30.4 Å². The third-order valence-electron chi connectivity index (χ3n) is 2.87. The number of carbonyl (C=O) groups excluding carboxylic acids is 1. The zero-order valence-electron chi connectivity index (χ0n) is 12.9. The first-order chi connectivity index (χ1) is 10.4. The zero-order chi connectivity index (χ0) is 16.4. The molecule has 0 spiro atoms. The van der Waals surface area contributed by atoms with Gasteiger partial charge in [-0.15, -0.1) is 0 Å². The Morgan fingerprint density at radius 3 is 2.27 bits per heavy atom. The smallest absolute Gasteiger partial charge is 0.337 e.